The molecule has 2 aromatic carbocycles. The van der Waals surface area contributed by atoms with E-state index in [-0.39, 0.29) is 18.3 Å². The normalized spacial score (nSPS) is 10.7. The third kappa shape index (κ3) is 5.48. The summed E-state index contributed by atoms with van der Waals surface area (Å²) in [7, 11) is 0. The van der Waals surface area contributed by atoms with E-state index in [4.69, 9.17) is 10.5 Å². The Morgan fingerprint density at radius 1 is 1.08 bits per heavy atom. The Labute approximate surface area is 156 Å². The van der Waals surface area contributed by atoms with E-state index in [1.165, 1.54) is 5.56 Å². The fourth-order valence-corrected chi connectivity index (χ4v) is 2.39. The van der Waals surface area contributed by atoms with Crippen LogP contribution in [0, 0.1) is 0 Å². The lowest BCUT2D eigenvalue weighted by atomic mass is 9.83. The second kappa shape index (κ2) is 9.44. The van der Waals surface area contributed by atoms with Gasteiger partial charge in [0.05, 0.1) is 5.41 Å². The summed E-state index contributed by atoms with van der Waals surface area (Å²) in [5.74, 6) is 0.704. The maximum Gasteiger partial charge on any atom is 0.234 e. The zero-order valence-electron chi connectivity index (χ0n) is 15.0. The van der Waals surface area contributed by atoms with Crippen LogP contribution < -0.4 is 15.8 Å². The van der Waals surface area contributed by atoms with E-state index in [1.807, 2.05) is 50.2 Å². The molecule has 0 saturated heterocycles. The molecule has 0 spiro atoms. The lowest BCUT2D eigenvalue weighted by Gasteiger charge is -2.24. The highest BCUT2D eigenvalue weighted by Crippen LogP contribution is 2.26. The molecule has 0 radical (unpaired) electrons. The Hall–Kier alpha value is -2.04. The van der Waals surface area contributed by atoms with Crippen molar-refractivity contribution in [3.05, 3.63) is 59.7 Å². The number of carbonyl (C=O) groups excluding carboxylic acids is 1. The van der Waals surface area contributed by atoms with Crippen molar-refractivity contribution in [1.82, 2.24) is 0 Å². The fourth-order valence-electron chi connectivity index (χ4n) is 2.39. The molecule has 0 aliphatic carbocycles. The minimum absolute atomic E-state index is 0. The van der Waals surface area contributed by atoms with E-state index in [1.54, 1.807) is 0 Å². The number of ether oxygens (including phenoxy) is 1. The van der Waals surface area contributed by atoms with Crippen LogP contribution in [0.15, 0.2) is 48.5 Å². The Bertz CT molecular complexity index is 667. The maximum atomic E-state index is 12.7. The van der Waals surface area contributed by atoms with Crippen LogP contribution in [0.5, 0.6) is 5.75 Å². The average Bonchev–Trinajstić information content (AvgIpc) is 2.61. The van der Waals surface area contributed by atoms with E-state index in [2.05, 4.69) is 24.4 Å². The second-order valence-corrected chi connectivity index (χ2v) is 6.29. The number of halogens is 1. The van der Waals surface area contributed by atoms with Crippen molar-refractivity contribution in [1.29, 1.82) is 0 Å². The van der Waals surface area contributed by atoms with Gasteiger partial charge in [-0.3, -0.25) is 4.79 Å². The first-order valence-corrected chi connectivity index (χ1v) is 8.31. The van der Waals surface area contributed by atoms with Crippen LogP contribution in [0.3, 0.4) is 0 Å². The summed E-state index contributed by atoms with van der Waals surface area (Å²) in [6.45, 7) is 6.94. The quantitative estimate of drug-likeness (QED) is 0.784. The van der Waals surface area contributed by atoms with Gasteiger partial charge in [-0.05, 0) is 55.7 Å². The zero-order valence-corrected chi connectivity index (χ0v) is 15.9. The number of hydrogen-bond donors (Lipinski definition) is 2. The topological polar surface area (TPSA) is 64.3 Å². The minimum Gasteiger partial charge on any atom is -0.492 e. The number of nitrogens with one attached hydrogen (secondary N) is 1. The number of amides is 1. The smallest absolute Gasteiger partial charge is 0.234 e. The highest BCUT2D eigenvalue weighted by molar-refractivity contribution is 5.98. The first-order chi connectivity index (χ1) is 11.5. The third-order valence-corrected chi connectivity index (χ3v) is 4.15. The molecule has 0 unspecified atom stereocenters. The Morgan fingerprint density at radius 3 is 2.20 bits per heavy atom. The van der Waals surface area contributed by atoms with Gasteiger partial charge in [-0.15, -0.1) is 12.4 Å². The minimum atomic E-state index is -0.610. The number of hydrogen-bond acceptors (Lipinski definition) is 3. The Balaban J connectivity index is 0.00000312. The van der Waals surface area contributed by atoms with E-state index < -0.39 is 5.41 Å². The number of benzene rings is 2. The van der Waals surface area contributed by atoms with Crippen molar-refractivity contribution < 1.29 is 9.53 Å². The van der Waals surface area contributed by atoms with Gasteiger partial charge in [-0.1, -0.05) is 31.2 Å². The molecule has 0 aliphatic heterocycles. The summed E-state index contributed by atoms with van der Waals surface area (Å²) in [6.07, 6.45) is 0.992. The van der Waals surface area contributed by atoms with Crippen molar-refractivity contribution in [2.45, 2.75) is 32.6 Å². The second-order valence-electron chi connectivity index (χ2n) is 6.29. The third-order valence-electron chi connectivity index (χ3n) is 4.15. The van der Waals surface area contributed by atoms with Crippen molar-refractivity contribution in [2.24, 2.45) is 5.73 Å². The van der Waals surface area contributed by atoms with E-state index in [0.29, 0.717) is 13.2 Å². The van der Waals surface area contributed by atoms with Crippen LogP contribution >= 0.6 is 12.4 Å². The van der Waals surface area contributed by atoms with Crippen LogP contribution in [0.4, 0.5) is 5.69 Å². The van der Waals surface area contributed by atoms with Crippen LogP contribution in [0.1, 0.15) is 31.9 Å². The molecular formula is C20H27ClN2O2. The molecule has 136 valence electrons. The van der Waals surface area contributed by atoms with Gasteiger partial charge in [0.25, 0.3) is 0 Å². The molecule has 2 aromatic rings. The molecule has 5 heteroatoms. The molecular weight excluding hydrogens is 336 g/mol. The number of carbonyl (C=O) groups is 1. The first kappa shape index (κ1) is 21.0. The van der Waals surface area contributed by atoms with Crippen molar-refractivity contribution >= 4 is 24.0 Å². The fraction of sp³-hybridized carbons (Fsp3) is 0.350. The monoisotopic (exact) mass is 362 g/mol. The largest absolute Gasteiger partial charge is 0.492 e. The summed E-state index contributed by atoms with van der Waals surface area (Å²) in [4.78, 5) is 12.7. The first-order valence-electron chi connectivity index (χ1n) is 8.31. The van der Waals surface area contributed by atoms with Gasteiger partial charge in [-0.25, -0.2) is 0 Å². The van der Waals surface area contributed by atoms with Crippen LogP contribution in [0.2, 0.25) is 0 Å². The highest BCUT2D eigenvalue weighted by Gasteiger charge is 2.29. The SMILES string of the molecule is CCc1ccc(C(C)(C)C(=O)Nc2ccc(OCCN)cc2)cc1.Cl. The molecule has 0 aliphatic rings. The van der Waals surface area contributed by atoms with Gasteiger partial charge >= 0.3 is 0 Å². The molecule has 3 N–H and O–H groups in total. The molecule has 0 atom stereocenters. The molecule has 25 heavy (non-hydrogen) atoms. The lowest BCUT2D eigenvalue weighted by Crippen LogP contribution is -2.34. The van der Waals surface area contributed by atoms with Gasteiger partial charge in [0.1, 0.15) is 12.4 Å². The van der Waals surface area contributed by atoms with Gasteiger partial charge in [0.15, 0.2) is 0 Å². The summed E-state index contributed by atoms with van der Waals surface area (Å²) in [5, 5.41) is 2.97. The predicted molar refractivity (Wildman–Crippen MR) is 106 cm³/mol. The predicted octanol–water partition coefficient (Wildman–Crippen LogP) is 3.92. The van der Waals surface area contributed by atoms with Gasteiger partial charge in [0.2, 0.25) is 5.91 Å². The molecule has 4 nitrogen and oxygen atoms in total. The molecule has 1 amide bonds. The average molecular weight is 363 g/mol. The van der Waals surface area contributed by atoms with Crippen molar-refractivity contribution in [3.63, 3.8) is 0 Å². The van der Waals surface area contributed by atoms with Crippen LogP contribution in [-0.4, -0.2) is 19.1 Å². The van der Waals surface area contributed by atoms with Gasteiger partial charge in [0, 0.05) is 12.2 Å². The summed E-state index contributed by atoms with van der Waals surface area (Å²) >= 11 is 0. The molecule has 2 rings (SSSR count). The van der Waals surface area contributed by atoms with Crippen LogP contribution in [0.25, 0.3) is 0 Å². The maximum absolute atomic E-state index is 12.7. The van der Waals surface area contributed by atoms with Crippen molar-refractivity contribution in [3.8, 4) is 5.75 Å². The summed E-state index contributed by atoms with van der Waals surface area (Å²) in [5.41, 5.74) is 7.82. The van der Waals surface area contributed by atoms with Gasteiger partial charge in [-0.2, -0.15) is 0 Å². The molecule has 0 bridgehead atoms. The van der Waals surface area contributed by atoms with Crippen LogP contribution in [-0.2, 0) is 16.6 Å². The number of rotatable bonds is 7. The zero-order chi connectivity index (χ0) is 17.6. The van der Waals surface area contributed by atoms with E-state index in [9.17, 15) is 4.79 Å². The molecule has 0 heterocycles. The highest BCUT2D eigenvalue weighted by atomic mass is 35.5. The standard InChI is InChI=1S/C20H26N2O2.ClH/c1-4-15-5-7-16(8-6-15)20(2,3)19(23)22-17-9-11-18(12-10-17)24-14-13-21;/h5-12H,4,13-14,21H2,1-3H3,(H,22,23);1H. The number of anilines is 1. The van der Waals surface area contributed by atoms with E-state index in [0.717, 1.165) is 23.4 Å². The molecule has 0 fully saturated rings. The molecule has 0 aromatic heterocycles. The van der Waals surface area contributed by atoms with Gasteiger partial charge < -0.3 is 15.8 Å². The Kier molecular flexibility index (Phi) is 7.94. The lowest BCUT2D eigenvalue weighted by molar-refractivity contribution is -0.120. The number of aryl methyl sites for hydroxylation is 1. The van der Waals surface area contributed by atoms with E-state index >= 15 is 0 Å². The summed E-state index contributed by atoms with van der Waals surface area (Å²) < 4.78 is 5.44. The Morgan fingerprint density at radius 2 is 1.68 bits per heavy atom. The summed E-state index contributed by atoms with van der Waals surface area (Å²) in [6, 6.07) is 15.5. The van der Waals surface area contributed by atoms with Crippen molar-refractivity contribution in [2.75, 3.05) is 18.5 Å². The number of nitrogens with two attached hydrogens (primary N) is 1. The molecule has 0 saturated carbocycles.